The Bertz CT molecular complexity index is 667. The van der Waals surface area contributed by atoms with Crippen molar-refractivity contribution in [1.82, 2.24) is 4.90 Å². The van der Waals surface area contributed by atoms with E-state index in [0.717, 1.165) is 12.1 Å². The lowest BCUT2D eigenvalue weighted by atomic mass is 9.97. The molecule has 1 N–H and O–H groups in total. The third kappa shape index (κ3) is 3.95. The molecular formula is C14H14ClFN2O5. The number of nitro groups is 1. The Hall–Kier alpha value is -2.22. The molecule has 23 heavy (non-hydrogen) atoms. The van der Waals surface area contributed by atoms with Gasteiger partial charge in [-0.15, -0.1) is 0 Å². The van der Waals surface area contributed by atoms with Crippen LogP contribution in [0.5, 0.6) is 0 Å². The molecule has 7 nitrogen and oxygen atoms in total. The second-order valence-corrected chi connectivity index (χ2v) is 5.75. The van der Waals surface area contributed by atoms with Crippen molar-refractivity contribution in [2.45, 2.75) is 19.3 Å². The lowest BCUT2D eigenvalue weighted by Gasteiger charge is -2.30. The fraction of sp³-hybridized carbons (Fsp3) is 0.429. The molecule has 0 saturated carbocycles. The van der Waals surface area contributed by atoms with Gasteiger partial charge in [0.25, 0.3) is 5.69 Å². The molecule has 0 radical (unpaired) electrons. The summed E-state index contributed by atoms with van der Waals surface area (Å²) in [6.45, 7) is 0.435. The lowest BCUT2D eigenvalue weighted by molar-refractivity contribution is -0.385. The van der Waals surface area contributed by atoms with E-state index in [1.807, 2.05) is 0 Å². The Labute approximate surface area is 135 Å². The van der Waals surface area contributed by atoms with E-state index in [0.29, 0.717) is 19.4 Å². The molecule has 9 heteroatoms. The van der Waals surface area contributed by atoms with Gasteiger partial charge in [-0.3, -0.25) is 19.7 Å². The number of benzene rings is 1. The summed E-state index contributed by atoms with van der Waals surface area (Å²) in [5.74, 6) is -2.95. The van der Waals surface area contributed by atoms with E-state index in [4.69, 9.17) is 16.7 Å². The summed E-state index contributed by atoms with van der Waals surface area (Å²) >= 11 is 5.53. The highest BCUT2D eigenvalue weighted by Crippen LogP contribution is 2.27. The average Bonchev–Trinajstić information content (AvgIpc) is 2.50. The highest BCUT2D eigenvalue weighted by Gasteiger charge is 2.29. The summed E-state index contributed by atoms with van der Waals surface area (Å²) in [5, 5.41) is 19.6. The summed E-state index contributed by atoms with van der Waals surface area (Å²) in [6, 6.07) is 1.74. The minimum atomic E-state index is -0.981. The monoisotopic (exact) mass is 344 g/mol. The third-order valence-corrected chi connectivity index (χ3v) is 4.07. The number of carboxylic acid groups (broad SMARTS) is 1. The van der Waals surface area contributed by atoms with Gasteiger partial charge in [-0.1, -0.05) is 11.6 Å². The van der Waals surface area contributed by atoms with Crippen molar-refractivity contribution in [3.8, 4) is 0 Å². The van der Waals surface area contributed by atoms with Crippen LogP contribution in [0, 0.1) is 21.8 Å². The number of rotatable bonds is 4. The Morgan fingerprint density at radius 1 is 1.48 bits per heavy atom. The molecule has 1 unspecified atom stereocenters. The first-order valence-electron chi connectivity index (χ1n) is 6.92. The van der Waals surface area contributed by atoms with Gasteiger partial charge in [0, 0.05) is 24.7 Å². The van der Waals surface area contributed by atoms with Crippen molar-refractivity contribution in [2.24, 2.45) is 5.92 Å². The molecule has 0 aromatic heterocycles. The molecule has 1 atom stereocenters. The van der Waals surface area contributed by atoms with Gasteiger partial charge in [-0.2, -0.15) is 0 Å². The maximum Gasteiger partial charge on any atom is 0.308 e. The fourth-order valence-electron chi connectivity index (χ4n) is 2.57. The Kier molecular flexibility index (Phi) is 5.15. The zero-order valence-electron chi connectivity index (χ0n) is 12.0. The zero-order chi connectivity index (χ0) is 17.1. The van der Waals surface area contributed by atoms with Crippen LogP contribution in [-0.4, -0.2) is 39.9 Å². The van der Waals surface area contributed by atoms with Crippen LogP contribution >= 0.6 is 11.6 Å². The topological polar surface area (TPSA) is 101 Å². The Balaban J connectivity index is 2.18. The molecule has 124 valence electrons. The predicted molar refractivity (Wildman–Crippen MR) is 78.7 cm³/mol. The van der Waals surface area contributed by atoms with Crippen LogP contribution in [-0.2, 0) is 16.0 Å². The standard InChI is InChI=1S/C14H14ClFN2O5/c15-10-6-12(18(22)23)9(4-11(10)16)5-13(19)17-3-1-2-8(7-17)14(20)21/h4,6,8H,1-3,5,7H2,(H,20,21). The van der Waals surface area contributed by atoms with E-state index in [1.54, 1.807) is 0 Å². The summed E-state index contributed by atoms with van der Waals surface area (Å²) in [4.78, 5) is 34.9. The number of halogens is 2. The van der Waals surface area contributed by atoms with Crippen LogP contribution in [0.4, 0.5) is 10.1 Å². The molecule has 1 fully saturated rings. The van der Waals surface area contributed by atoms with E-state index >= 15 is 0 Å². The molecule has 1 aliphatic rings. The number of nitro benzene ring substituents is 1. The van der Waals surface area contributed by atoms with Crippen molar-refractivity contribution in [2.75, 3.05) is 13.1 Å². The quantitative estimate of drug-likeness (QED) is 0.667. The number of carbonyl (C=O) groups excluding carboxylic acids is 1. The van der Waals surface area contributed by atoms with E-state index < -0.39 is 39.2 Å². The summed E-state index contributed by atoms with van der Waals surface area (Å²) < 4.78 is 13.5. The van der Waals surface area contributed by atoms with E-state index in [9.17, 15) is 24.1 Å². The molecule has 0 aliphatic carbocycles. The van der Waals surface area contributed by atoms with Crippen molar-refractivity contribution in [3.05, 3.63) is 38.7 Å². The lowest BCUT2D eigenvalue weighted by Crippen LogP contribution is -2.43. The number of hydrogen-bond donors (Lipinski definition) is 1. The number of hydrogen-bond acceptors (Lipinski definition) is 4. The van der Waals surface area contributed by atoms with E-state index in [-0.39, 0.29) is 18.5 Å². The van der Waals surface area contributed by atoms with Crippen LogP contribution in [0.25, 0.3) is 0 Å². The Morgan fingerprint density at radius 3 is 2.78 bits per heavy atom. The van der Waals surface area contributed by atoms with Crippen molar-refractivity contribution < 1.29 is 24.0 Å². The minimum Gasteiger partial charge on any atom is -0.481 e. The number of carboxylic acids is 1. The minimum absolute atomic E-state index is 0.0536. The number of aliphatic carboxylic acids is 1. The summed E-state index contributed by atoms with van der Waals surface area (Å²) in [7, 11) is 0. The number of amides is 1. The van der Waals surface area contributed by atoms with Crippen LogP contribution in [0.2, 0.25) is 5.02 Å². The fourth-order valence-corrected chi connectivity index (χ4v) is 2.73. The molecule has 1 heterocycles. The van der Waals surface area contributed by atoms with Gasteiger partial charge in [-0.05, 0) is 18.9 Å². The molecule has 1 aromatic carbocycles. The van der Waals surface area contributed by atoms with E-state index in [2.05, 4.69) is 0 Å². The van der Waals surface area contributed by atoms with Gasteiger partial charge in [-0.25, -0.2) is 4.39 Å². The molecule has 1 amide bonds. The van der Waals surface area contributed by atoms with Crippen LogP contribution in [0.1, 0.15) is 18.4 Å². The SMILES string of the molecule is O=C(O)C1CCCN(C(=O)Cc2cc(F)c(Cl)cc2[N+](=O)[O-])C1. The normalized spacial score (nSPS) is 17.8. The van der Waals surface area contributed by atoms with Crippen molar-refractivity contribution in [3.63, 3.8) is 0 Å². The molecule has 1 aliphatic heterocycles. The maximum absolute atomic E-state index is 13.5. The van der Waals surface area contributed by atoms with Gasteiger partial charge in [0.05, 0.1) is 22.3 Å². The molecule has 1 aromatic rings. The molecule has 1 saturated heterocycles. The van der Waals surface area contributed by atoms with Crippen molar-refractivity contribution in [1.29, 1.82) is 0 Å². The molecule has 0 bridgehead atoms. The highest BCUT2D eigenvalue weighted by molar-refractivity contribution is 6.31. The molecule has 2 rings (SSSR count). The first-order chi connectivity index (χ1) is 10.8. The molecule has 0 spiro atoms. The number of likely N-dealkylation sites (tertiary alicyclic amines) is 1. The summed E-state index contributed by atoms with van der Waals surface area (Å²) in [6.07, 6.45) is 0.644. The molecular weight excluding hydrogens is 331 g/mol. The predicted octanol–water partition coefficient (Wildman–Crippen LogP) is 2.25. The van der Waals surface area contributed by atoms with Gasteiger partial charge in [0.2, 0.25) is 5.91 Å². The smallest absolute Gasteiger partial charge is 0.308 e. The van der Waals surface area contributed by atoms with Gasteiger partial charge in [0.15, 0.2) is 0 Å². The van der Waals surface area contributed by atoms with Gasteiger partial charge < -0.3 is 10.0 Å². The highest BCUT2D eigenvalue weighted by atomic mass is 35.5. The van der Waals surface area contributed by atoms with E-state index in [1.165, 1.54) is 4.90 Å². The number of piperidine rings is 1. The second-order valence-electron chi connectivity index (χ2n) is 5.35. The number of nitrogens with zero attached hydrogens (tertiary/aromatic N) is 2. The van der Waals surface area contributed by atoms with Gasteiger partial charge in [0.1, 0.15) is 5.82 Å². The van der Waals surface area contributed by atoms with Gasteiger partial charge >= 0.3 is 5.97 Å². The summed E-state index contributed by atoms with van der Waals surface area (Å²) in [5.41, 5.74) is -0.518. The first kappa shape index (κ1) is 17.1. The van der Waals surface area contributed by atoms with Crippen LogP contribution in [0.3, 0.4) is 0 Å². The maximum atomic E-state index is 13.5. The second kappa shape index (κ2) is 6.91. The van der Waals surface area contributed by atoms with Crippen LogP contribution in [0.15, 0.2) is 12.1 Å². The van der Waals surface area contributed by atoms with Crippen molar-refractivity contribution >= 4 is 29.2 Å². The third-order valence-electron chi connectivity index (χ3n) is 3.78. The zero-order valence-corrected chi connectivity index (χ0v) is 12.8. The Morgan fingerprint density at radius 2 is 2.17 bits per heavy atom. The largest absolute Gasteiger partial charge is 0.481 e. The number of carbonyl (C=O) groups is 2. The average molecular weight is 345 g/mol. The van der Waals surface area contributed by atoms with Crippen LogP contribution < -0.4 is 0 Å². The first-order valence-corrected chi connectivity index (χ1v) is 7.30.